The molecule has 0 fully saturated rings. The Morgan fingerprint density at radius 2 is 1.09 bits per heavy atom. The van der Waals surface area contributed by atoms with Crippen molar-refractivity contribution >= 4 is 45.0 Å². The molecule has 0 radical (unpaired) electrons. The standard InChI is InChI=1S/C50H30N4O2/c1-51-38-26-37(30-52-31-38)35-24-25-45-43(27-35)39-20-11-12-22-44(39)53(45)46-23-13-21-40-47(46)50(56)54(49(40)55)48-41(33-16-7-3-8-17-33)28-36(32-14-5-2-6-15-32)29-42(48)34-18-9-4-10-19-34/h2-31H. The third-order valence-electron chi connectivity index (χ3n) is 10.6. The summed E-state index contributed by atoms with van der Waals surface area (Å²) in [5.41, 5.74) is 11.3. The van der Waals surface area contributed by atoms with Crippen molar-refractivity contribution in [2.45, 2.75) is 0 Å². The van der Waals surface area contributed by atoms with Gasteiger partial charge in [-0.1, -0.05) is 121 Å². The lowest BCUT2D eigenvalue weighted by Gasteiger charge is -2.24. The molecule has 6 nitrogen and oxygen atoms in total. The van der Waals surface area contributed by atoms with Gasteiger partial charge in [-0.25, -0.2) is 9.74 Å². The summed E-state index contributed by atoms with van der Waals surface area (Å²) in [6, 6.07) is 55.9. The second-order valence-electron chi connectivity index (χ2n) is 13.8. The third-order valence-corrected chi connectivity index (χ3v) is 10.6. The number of fused-ring (bicyclic) bond motifs is 4. The second kappa shape index (κ2) is 13.2. The molecule has 0 spiro atoms. The van der Waals surface area contributed by atoms with Crippen molar-refractivity contribution in [1.82, 2.24) is 9.55 Å². The number of benzene rings is 7. The third kappa shape index (κ3) is 5.22. The first kappa shape index (κ1) is 32.7. The van der Waals surface area contributed by atoms with E-state index in [0.717, 1.165) is 66.3 Å². The van der Waals surface area contributed by atoms with Gasteiger partial charge in [0.1, 0.15) is 0 Å². The smallest absolute Gasteiger partial charge is 0.268 e. The number of pyridine rings is 1. The van der Waals surface area contributed by atoms with Crippen LogP contribution >= 0.6 is 0 Å². The summed E-state index contributed by atoms with van der Waals surface area (Å²) in [6.07, 6.45) is 3.32. The van der Waals surface area contributed by atoms with E-state index in [1.54, 1.807) is 18.5 Å². The molecule has 262 valence electrons. The maximum Gasteiger partial charge on any atom is 0.268 e. The summed E-state index contributed by atoms with van der Waals surface area (Å²) in [4.78, 5) is 39.4. The van der Waals surface area contributed by atoms with Crippen molar-refractivity contribution in [3.8, 4) is 50.2 Å². The van der Waals surface area contributed by atoms with Crippen LogP contribution in [0.2, 0.25) is 0 Å². The molecule has 7 aromatic carbocycles. The van der Waals surface area contributed by atoms with Crippen LogP contribution in [-0.4, -0.2) is 21.4 Å². The first-order chi connectivity index (χ1) is 27.6. The summed E-state index contributed by atoms with van der Waals surface area (Å²) in [5, 5.41) is 1.98. The van der Waals surface area contributed by atoms with Crippen molar-refractivity contribution in [1.29, 1.82) is 0 Å². The SMILES string of the molecule is [C-]#[N+]c1cncc(-c2ccc3c(c2)c2ccccc2n3-c2cccc3c2C(=O)N(c2c(-c4ccccc4)cc(-c4ccccc4)cc2-c2ccccc2)C3=O)c1. The second-order valence-corrected chi connectivity index (χ2v) is 13.8. The molecule has 0 aliphatic carbocycles. The highest BCUT2D eigenvalue weighted by Gasteiger charge is 2.41. The molecule has 0 unspecified atom stereocenters. The van der Waals surface area contributed by atoms with Gasteiger partial charge in [-0.3, -0.25) is 14.6 Å². The highest BCUT2D eigenvalue weighted by molar-refractivity contribution is 6.37. The topological polar surface area (TPSA) is 59.6 Å². The Kier molecular flexibility index (Phi) is 7.72. The summed E-state index contributed by atoms with van der Waals surface area (Å²) >= 11 is 0. The zero-order valence-corrected chi connectivity index (χ0v) is 29.9. The van der Waals surface area contributed by atoms with Crippen LogP contribution in [0.25, 0.3) is 76.8 Å². The fourth-order valence-corrected chi connectivity index (χ4v) is 8.06. The van der Waals surface area contributed by atoms with E-state index in [4.69, 9.17) is 6.57 Å². The highest BCUT2D eigenvalue weighted by Crippen LogP contribution is 2.47. The minimum atomic E-state index is -0.382. The summed E-state index contributed by atoms with van der Waals surface area (Å²) in [7, 11) is 0. The Hall–Kier alpha value is -7.88. The molecule has 2 amide bonds. The van der Waals surface area contributed by atoms with Gasteiger partial charge in [0, 0.05) is 34.3 Å². The molecule has 10 rings (SSSR count). The van der Waals surface area contributed by atoms with Crippen LogP contribution in [0.3, 0.4) is 0 Å². The van der Waals surface area contributed by atoms with Crippen LogP contribution in [-0.2, 0) is 0 Å². The fraction of sp³-hybridized carbons (Fsp3) is 0. The Morgan fingerprint density at radius 1 is 0.464 bits per heavy atom. The van der Waals surface area contributed by atoms with E-state index in [9.17, 15) is 4.79 Å². The van der Waals surface area contributed by atoms with E-state index in [2.05, 4.69) is 50.8 Å². The van der Waals surface area contributed by atoms with Gasteiger partial charge < -0.3 is 4.57 Å². The summed E-state index contributed by atoms with van der Waals surface area (Å²) in [5.74, 6) is -0.754. The molecule has 0 saturated carbocycles. The Labute approximate surface area is 323 Å². The predicted octanol–water partition coefficient (Wildman–Crippen LogP) is 12.2. The van der Waals surface area contributed by atoms with Gasteiger partial charge >= 0.3 is 0 Å². The molecule has 9 aromatic rings. The Balaban J connectivity index is 1.20. The van der Waals surface area contributed by atoms with Crippen molar-refractivity contribution in [3.05, 3.63) is 205 Å². The number of rotatable bonds is 6. The van der Waals surface area contributed by atoms with Crippen LogP contribution in [0.5, 0.6) is 0 Å². The number of aromatic nitrogens is 2. The molecule has 3 heterocycles. The maximum atomic E-state index is 15.3. The Morgan fingerprint density at radius 3 is 1.77 bits per heavy atom. The van der Waals surface area contributed by atoms with Crippen LogP contribution in [0.1, 0.15) is 20.7 Å². The number of carbonyl (C=O) groups is 2. The number of para-hydroxylation sites is 1. The first-order valence-corrected chi connectivity index (χ1v) is 18.3. The number of anilines is 1. The molecular formula is C50H30N4O2. The number of hydrogen-bond acceptors (Lipinski definition) is 3. The number of nitrogens with zero attached hydrogens (tertiary/aromatic N) is 4. The lowest BCUT2D eigenvalue weighted by Crippen LogP contribution is -2.30. The van der Waals surface area contributed by atoms with Gasteiger partial charge in [0.25, 0.3) is 11.8 Å². The Bertz CT molecular complexity index is 3010. The molecule has 0 atom stereocenters. The minimum absolute atomic E-state index is 0.349. The molecule has 56 heavy (non-hydrogen) atoms. The van der Waals surface area contributed by atoms with Crippen molar-refractivity contribution in [3.63, 3.8) is 0 Å². The van der Waals surface area contributed by atoms with Gasteiger partial charge in [0.05, 0.1) is 40.1 Å². The van der Waals surface area contributed by atoms with Crippen LogP contribution in [0.4, 0.5) is 11.4 Å². The van der Waals surface area contributed by atoms with E-state index in [0.29, 0.717) is 28.2 Å². The van der Waals surface area contributed by atoms with E-state index in [-0.39, 0.29) is 11.8 Å². The molecular weight excluding hydrogens is 689 g/mol. The molecule has 6 heteroatoms. The lowest BCUT2D eigenvalue weighted by atomic mass is 9.90. The molecule has 0 bridgehead atoms. The fourth-order valence-electron chi connectivity index (χ4n) is 8.06. The van der Waals surface area contributed by atoms with E-state index < -0.39 is 0 Å². The van der Waals surface area contributed by atoms with Gasteiger partial charge in [-0.2, -0.15) is 0 Å². The van der Waals surface area contributed by atoms with Crippen LogP contribution in [0.15, 0.2) is 182 Å². The lowest BCUT2D eigenvalue weighted by molar-refractivity contribution is 0.0926. The number of hydrogen-bond donors (Lipinski definition) is 0. The van der Waals surface area contributed by atoms with Gasteiger partial charge in [0.2, 0.25) is 5.69 Å². The zero-order valence-electron chi connectivity index (χ0n) is 29.9. The average Bonchev–Trinajstić information content (AvgIpc) is 3.73. The van der Waals surface area contributed by atoms with Crippen LogP contribution < -0.4 is 4.90 Å². The van der Waals surface area contributed by atoms with Crippen molar-refractivity contribution in [2.75, 3.05) is 4.90 Å². The van der Waals surface area contributed by atoms with E-state index >= 15 is 4.79 Å². The molecule has 1 aliphatic rings. The van der Waals surface area contributed by atoms with E-state index in [1.807, 2.05) is 127 Å². The first-order valence-electron chi connectivity index (χ1n) is 18.3. The normalized spacial score (nSPS) is 12.3. The van der Waals surface area contributed by atoms with Crippen LogP contribution in [0, 0.1) is 6.57 Å². The van der Waals surface area contributed by atoms with E-state index in [1.165, 1.54) is 4.90 Å². The molecule has 0 N–H and O–H groups in total. The zero-order chi connectivity index (χ0) is 37.8. The molecule has 1 aliphatic heterocycles. The van der Waals surface area contributed by atoms with Gasteiger partial charge in [-0.05, 0) is 81.9 Å². The number of amides is 2. The molecule has 2 aromatic heterocycles. The minimum Gasteiger partial charge on any atom is -0.308 e. The predicted molar refractivity (Wildman–Crippen MR) is 224 cm³/mol. The van der Waals surface area contributed by atoms with Crippen molar-refractivity contribution < 1.29 is 9.59 Å². The van der Waals surface area contributed by atoms with Gasteiger partial charge in [-0.15, -0.1) is 0 Å². The highest BCUT2D eigenvalue weighted by atomic mass is 16.2. The number of imide groups is 1. The quantitative estimate of drug-likeness (QED) is 0.127. The summed E-state index contributed by atoms with van der Waals surface area (Å²) < 4.78 is 2.09. The van der Waals surface area contributed by atoms with Crippen molar-refractivity contribution in [2.24, 2.45) is 0 Å². The largest absolute Gasteiger partial charge is 0.308 e. The maximum absolute atomic E-state index is 15.3. The number of carbonyl (C=O) groups excluding carboxylic acids is 2. The molecule has 0 saturated heterocycles. The van der Waals surface area contributed by atoms with Gasteiger partial charge in [0.15, 0.2) is 0 Å². The average molecular weight is 719 g/mol. The monoisotopic (exact) mass is 718 g/mol. The summed E-state index contributed by atoms with van der Waals surface area (Å²) in [6.45, 7) is 7.48.